The van der Waals surface area contributed by atoms with Gasteiger partial charge in [-0.1, -0.05) is 6.07 Å². The smallest absolute Gasteiger partial charge is 0.341 e. The van der Waals surface area contributed by atoms with Crippen molar-refractivity contribution in [3.05, 3.63) is 52.3 Å². The quantitative estimate of drug-likeness (QED) is 0.635. The van der Waals surface area contributed by atoms with Gasteiger partial charge in [-0.15, -0.1) is 0 Å². The predicted molar refractivity (Wildman–Crippen MR) is 96.1 cm³/mol. The molecule has 1 aromatic heterocycles. The summed E-state index contributed by atoms with van der Waals surface area (Å²) in [5.74, 6) is 0.126. The Kier molecular flexibility index (Phi) is 7.21. The molecule has 0 radical (unpaired) electrons. The van der Waals surface area contributed by atoms with Crippen molar-refractivity contribution in [2.75, 3.05) is 19.8 Å². The number of hydrogen-bond donors (Lipinski definition) is 1. The molecule has 0 aliphatic rings. The van der Waals surface area contributed by atoms with E-state index in [1.807, 2.05) is 32.0 Å². The Balaban J connectivity index is 2.15. The van der Waals surface area contributed by atoms with E-state index in [0.29, 0.717) is 24.7 Å². The first-order chi connectivity index (χ1) is 12.0. The van der Waals surface area contributed by atoms with Gasteiger partial charge in [-0.2, -0.15) is 0 Å². The number of carboxylic acid groups (broad SMARTS) is 1. The molecule has 0 unspecified atom stereocenters. The Morgan fingerprint density at radius 3 is 2.76 bits per heavy atom. The topological polar surface area (TPSA) is 77.9 Å². The number of carbonyl (C=O) groups is 1. The Morgan fingerprint density at radius 1 is 1.32 bits per heavy atom. The van der Waals surface area contributed by atoms with Crippen LogP contribution in [0.4, 0.5) is 0 Å². The molecular formula is C18H20BrNO5. The number of nitrogens with zero attached hydrogens (tertiary/aromatic N) is 1. The van der Waals surface area contributed by atoms with Gasteiger partial charge in [0.25, 0.3) is 0 Å². The molecule has 1 N–H and O–H groups in total. The molecule has 0 saturated carbocycles. The van der Waals surface area contributed by atoms with Crippen LogP contribution in [0.1, 0.15) is 24.3 Å². The van der Waals surface area contributed by atoms with Crippen LogP contribution in [0, 0.1) is 6.92 Å². The Bertz CT molecular complexity index is 722. The summed E-state index contributed by atoms with van der Waals surface area (Å²) in [5.41, 5.74) is 1.54. The highest BCUT2D eigenvalue weighted by molar-refractivity contribution is 9.10. The van der Waals surface area contributed by atoms with Crippen molar-refractivity contribution < 1.29 is 24.1 Å². The summed E-state index contributed by atoms with van der Waals surface area (Å²) < 4.78 is 17.5. The molecule has 2 rings (SSSR count). The molecule has 0 aliphatic carbocycles. The summed E-state index contributed by atoms with van der Waals surface area (Å²) in [6.07, 6.45) is -0.359. The number of aryl methyl sites for hydroxylation is 1. The number of carboxylic acids is 1. The standard InChI is InChI=1S/C18H20BrNO5/c1-3-23-10-16(14-5-4-6-17(19)20-14)25-13-7-8-15(12(2)9-13)24-11-18(21)22/h4-9,16H,3,10-11H2,1-2H3,(H,21,22)/t16-/m1/s1. The monoisotopic (exact) mass is 409 g/mol. The Hall–Kier alpha value is -2.12. The van der Waals surface area contributed by atoms with Gasteiger partial charge >= 0.3 is 5.97 Å². The highest BCUT2D eigenvalue weighted by Crippen LogP contribution is 2.27. The number of pyridine rings is 1. The van der Waals surface area contributed by atoms with Gasteiger partial charge in [0.1, 0.15) is 16.1 Å². The lowest BCUT2D eigenvalue weighted by atomic mass is 10.2. The highest BCUT2D eigenvalue weighted by Gasteiger charge is 2.16. The highest BCUT2D eigenvalue weighted by atomic mass is 79.9. The summed E-state index contributed by atoms with van der Waals surface area (Å²) in [5, 5.41) is 8.70. The van der Waals surface area contributed by atoms with Gasteiger partial charge in [-0.25, -0.2) is 9.78 Å². The average molecular weight is 410 g/mol. The fourth-order valence-corrected chi connectivity index (χ4v) is 2.53. The van der Waals surface area contributed by atoms with Crippen LogP contribution in [0.15, 0.2) is 41.0 Å². The second-order valence-electron chi connectivity index (χ2n) is 5.26. The number of rotatable bonds is 9. The van der Waals surface area contributed by atoms with Crippen molar-refractivity contribution in [1.29, 1.82) is 0 Å². The third-order valence-corrected chi connectivity index (χ3v) is 3.76. The fraction of sp³-hybridized carbons (Fsp3) is 0.333. The molecular weight excluding hydrogens is 390 g/mol. The Morgan fingerprint density at radius 2 is 2.12 bits per heavy atom. The molecule has 134 valence electrons. The maximum Gasteiger partial charge on any atom is 0.341 e. The lowest BCUT2D eigenvalue weighted by Crippen LogP contribution is -2.16. The van der Waals surface area contributed by atoms with E-state index in [9.17, 15) is 4.79 Å². The first-order valence-corrected chi connectivity index (χ1v) is 8.61. The molecule has 25 heavy (non-hydrogen) atoms. The SMILES string of the molecule is CCOC[C@@H](Oc1ccc(OCC(=O)O)c(C)c1)c1cccc(Br)n1. The van der Waals surface area contributed by atoms with Gasteiger partial charge < -0.3 is 19.3 Å². The zero-order valence-electron chi connectivity index (χ0n) is 14.1. The van der Waals surface area contributed by atoms with E-state index in [1.165, 1.54) is 0 Å². The van der Waals surface area contributed by atoms with E-state index in [0.717, 1.165) is 15.9 Å². The number of benzene rings is 1. The number of ether oxygens (including phenoxy) is 3. The van der Waals surface area contributed by atoms with E-state index in [1.54, 1.807) is 18.2 Å². The summed E-state index contributed by atoms with van der Waals surface area (Å²) in [4.78, 5) is 15.0. The number of halogens is 1. The molecule has 1 heterocycles. The summed E-state index contributed by atoms with van der Waals surface area (Å²) in [6, 6.07) is 10.9. The van der Waals surface area contributed by atoms with E-state index >= 15 is 0 Å². The van der Waals surface area contributed by atoms with Crippen molar-refractivity contribution in [3.63, 3.8) is 0 Å². The van der Waals surface area contributed by atoms with Gasteiger partial charge in [-0.3, -0.25) is 0 Å². The molecule has 6 nitrogen and oxygen atoms in total. The van der Waals surface area contributed by atoms with Crippen LogP contribution in [-0.2, 0) is 9.53 Å². The van der Waals surface area contributed by atoms with Crippen LogP contribution < -0.4 is 9.47 Å². The molecule has 0 bridgehead atoms. The molecule has 0 spiro atoms. The maximum atomic E-state index is 10.6. The second-order valence-corrected chi connectivity index (χ2v) is 6.07. The zero-order chi connectivity index (χ0) is 18.2. The van der Waals surface area contributed by atoms with Crippen LogP contribution in [0.2, 0.25) is 0 Å². The number of aromatic nitrogens is 1. The van der Waals surface area contributed by atoms with E-state index in [4.69, 9.17) is 19.3 Å². The summed E-state index contributed by atoms with van der Waals surface area (Å²) in [6.45, 7) is 4.32. The minimum atomic E-state index is -1.02. The molecule has 0 fully saturated rings. The molecule has 1 aromatic carbocycles. The first-order valence-electron chi connectivity index (χ1n) is 7.81. The molecule has 7 heteroatoms. The van der Waals surface area contributed by atoms with Crippen LogP contribution in [0.25, 0.3) is 0 Å². The van der Waals surface area contributed by atoms with E-state index in [2.05, 4.69) is 20.9 Å². The van der Waals surface area contributed by atoms with Crippen molar-refractivity contribution in [2.24, 2.45) is 0 Å². The molecule has 1 atom stereocenters. The van der Waals surface area contributed by atoms with Crippen LogP contribution >= 0.6 is 15.9 Å². The van der Waals surface area contributed by atoms with Crippen molar-refractivity contribution in [2.45, 2.75) is 20.0 Å². The zero-order valence-corrected chi connectivity index (χ0v) is 15.7. The predicted octanol–water partition coefficient (Wildman–Crippen LogP) is 3.77. The Labute approximate surface area is 154 Å². The van der Waals surface area contributed by atoms with Gasteiger partial charge in [0.15, 0.2) is 12.7 Å². The lowest BCUT2D eigenvalue weighted by molar-refractivity contribution is -0.139. The summed E-state index contributed by atoms with van der Waals surface area (Å²) in [7, 11) is 0. The van der Waals surface area contributed by atoms with Crippen molar-refractivity contribution in [1.82, 2.24) is 4.98 Å². The minimum Gasteiger partial charge on any atom is -0.482 e. The molecule has 0 saturated heterocycles. The largest absolute Gasteiger partial charge is 0.482 e. The van der Waals surface area contributed by atoms with Crippen molar-refractivity contribution >= 4 is 21.9 Å². The average Bonchev–Trinajstić information content (AvgIpc) is 2.57. The minimum absolute atomic E-state index is 0.359. The molecule has 2 aromatic rings. The third kappa shape index (κ3) is 6.03. The molecule has 0 amide bonds. The van der Waals surface area contributed by atoms with Gasteiger partial charge in [-0.05, 0) is 65.7 Å². The fourth-order valence-electron chi connectivity index (χ4n) is 2.17. The van der Waals surface area contributed by atoms with E-state index < -0.39 is 5.97 Å². The number of hydrogen-bond acceptors (Lipinski definition) is 5. The van der Waals surface area contributed by atoms with Gasteiger partial charge in [0.05, 0.1) is 12.3 Å². The molecule has 0 aliphatic heterocycles. The second kappa shape index (κ2) is 9.39. The normalized spacial score (nSPS) is 11.8. The third-order valence-electron chi connectivity index (χ3n) is 3.32. The summed E-state index contributed by atoms with van der Waals surface area (Å²) >= 11 is 3.36. The van der Waals surface area contributed by atoms with E-state index in [-0.39, 0.29) is 12.7 Å². The van der Waals surface area contributed by atoms with Crippen molar-refractivity contribution in [3.8, 4) is 11.5 Å². The van der Waals surface area contributed by atoms with Crippen LogP contribution in [0.5, 0.6) is 11.5 Å². The number of aliphatic carboxylic acids is 1. The first kappa shape index (κ1) is 19.2. The van der Waals surface area contributed by atoms with Gasteiger partial charge in [0.2, 0.25) is 0 Å². The lowest BCUT2D eigenvalue weighted by Gasteiger charge is -2.19. The maximum absolute atomic E-state index is 10.6. The van der Waals surface area contributed by atoms with Crippen LogP contribution in [-0.4, -0.2) is 35.9 Å². The van der Waals surface area contributed by atoms with Crippen LogP contribution in [0.3, 0.4) is 0 Å². The van der Waals surface area contributed by atoms with Gasteiger partial charge in [0, 0.05) is 6.61 Å².